The fourth-order valence-corrected chi connectivity index (χ4v) is 2.44. The van der Waals surface area contributed by atoms with Gasteiger partial charge in [0.05, 0.1) is 12.8 Å². The number of hydrogen-bond acceptors (Lipinski definition) is 2. The van der Waals surface area contributed by atoms with Crippen molar-refractivity contribution in [1.29, 1.82) is 0 Å². The highest BCUT2D eigenvalue weighted by Crippen LogP contribution is 2.24. The van der Waals surface area contributed by atoms with E-state index >= 15 is 0 Å². The minimum Gasteiger partial charge on any atom is -0.326 e. The van der Waals surface area contributed by atoms with Crippen LogP contribution >= 0.6 is 11.6 Å². The molecule has 4 nitrogen and oxygen atoms in total. The van der Waals surface area contributed by atoms with Crippen molar-refractivity contribution in [2.75, 3.05) is 10.6 Å². The molecule has 2 amide bonds. The van der Waals surface area contributed by atoms with Crippen LogP contribution in [0.4, 0.5) is 11.4 Å². The molecule has 0 unspecified atom stereocenters. The maximum absolute atomic E-state index is 12.0. The Morgan fingerprint density at radius 1 is 1.19 bits per heavy atom. The van der Waals surface area contributed by atoms with Crippen LogP contribution in [0.2, 0.25) is 5.02 Å². The first kappa shape index (κ1) is 13.6. The van der Waals surface area contributed by atoms with Gasteiger partial charge in [-0.15, -0.1) is 0 Å². The molecule has 0 saturated carbocycles. The van der Waals surface area contributed by atoms with Crippen molar-refractivity contribution >= 4 is 34.8 Å². The highest BCUT2D eigenvalue weighted by Gasteiger charge is 2.17. The Hall–Kier alpha value is -2.33. The molecule has 0 bridgehead atoms. The van der Waals surface area contributed by atoms with E-state index in [0.29, 0.717) is 17.1 Å². The van der Waals surface area contributed by atoms with Crippen LogP contribution < -0.4 is 10.6 Å². The number of fused-ring (bicyclic) bond motifs is 1. The number of nitrogens with one attached hydrogen (secondary N) is 2. The Labute approximate surface area is 127 Å². The van der Waals surface area contributed by atoms with Crippen molar-refractivity contribution in [3.8, 4) is 0 Å². The van der Waals surface area contributed by atoms with Gasteiger partial charge in [0.2, 0.25) is 11.8 Å². The molecule has 0 aliphatic carbocycles. The predicted molar refractivity (Wildman–Crippen MR) is 82.6 cm³/mol. The average Bonchev–Trinajstić information content (AvgIpc) is 2.80. The van der Waals surface area contributed by atoms with Gasteiger partial charge in [-0.1, -0.05) is 23.7 Å². The maximum Gasteiger partial charge on any atom is 0.228 e. The number of rotatable bonds is 3. The van der Waals surface area contributed by atoms with Gasteiger partial charge in [-0.2, -0.15) is 0 Å². The summed E-state index contributed by atoms with van der Waals surface area (Å²) in [5.74, 6) is -0.109. The fourth-order valence-electron chi connectivity index (χ4n) is 2.32. The molecule has 0 aromatic heterocycles. The topological polar surface area (TPSA) is 58.2 Å². The van der Waals surface area contributed by atoms with Gasteiger partial charge in [0.15, 0.2) is 0 Å². The molecule has 0 saturated heterocycles. The van der Waals surface area contributed by atoms with Gasteiger partial charge in [0.25, 0.3) is 0 Å². The van der Waals surface area contributed by atoms with Crippen molar-refractivity contribution in [3.63, 3.8) is 0 Å². The summed E-state index contributed by atoms with van der Waals surface area (Å²) in [6.07, 6.45) is 0.645. The summed E-state index contributed by atoms with van der Waals surface area (Å²) < 4.78 is 0. The second-order valence-electron chi connectivity index (χ2n) is 4.95. The smallest absolute Gasteiger partial charge is 0.228 e. The van der Waals surface area contributed by atoms with E-state index in [2.05, 4.69) is 10.6 Å². The predicted octanol–water partition coefficient (Wildman–Crippen LogP) is 3.02. The fraction of sp³-hybridized carbons (Fsp3) is 0.125. The highest BCUT2D eigenvalue weighted by atomic mass is 35.5. The lowest BCUT2D eigenvalue weighted by Gasteiger charge is -2.06. The molecule has 0 fully saturated rings. The molecule has 0 atom stereocenters. The van der Waals surface area contributed by atoms with E-state index in [4.69, 9.17) is 11.6 Å². The second-order valence-corrected chi connectivity index (χ2v) is 5.38. The highest BCUT2D eigenvalue weighted by molar-refractivity contribution is 6.30. The van der Waals surface area contributed by atoms with E-state index in [0.717, 1.165) is 16.8 Å². The molecular formula is C16H13ClN2O2. The first-order valence-corrected chi connectivity index (χ1v) is 6.95. The largest absolute Gasteiger partial charge is 0.326 e. The van der Waals surface area contributed by atoms with Crippen molar-refractivity contribution < 1.29 is 9.59 Å². The van der Waals surface area contributed by atoms with Gasteiger partial charge in [-0.05, 0) is 41.5 Å². The lowest BCUT2D eigenvalue weighted by Crippen LogP contribution is -2.14. The Bertz CT molecular complexity index is 711. The maximum atomic E-state index is 12.0. The van der Waals surface area contributed by atoms with Crippen LogP contribution in [0.25, 0.3) is 0 Å². The number of benzene rings is 2. The van der Waals surface area contributed by atoms with Gasteiger partial charge in [-0.25, -0.2) is 0 Å². The Balaban J connectivity index is 1.66. The summed E-state index contributed by atoms with van der Waals surface area (Å²) >= 11 is 5.80. The molecule has 21 heavy (non-hydrogen) atoms. The summed E-state index contributed by atoms with van der Waals surface area (Å²) in [7, 11) is 0. The van der Waals surface area contributed by atoms with Crippen LogP contribution in [0.1, 0.15) is 11.1 Å². The quantitative estimate of drug-likeness (QED) is 0.915. The van der Waals surface area contributed by atoms with Crippen LogP contribution in [-0.2, 0) is 22.4 Å². The monoisotopic (exact) mass is 300 g/mol. The first-order valence-electron chi connectivity index (χ1n) is 6.57. The molecule has 1 aliphatic heterocycles. The summed E-state index contributed by atoms with van der Waals surface area (Å²) in [6, 6.07) is 12.6. The standard InChI is InChI=1S/C16H13ClN2O2/c17-12-2-4-13(5-3-12)18-15(20)8-10-1-6-14-11(7-10)9-16(21)19-14/h1-7H,8-9H2,(H,18,20)(H,19,21). The molecule has 2 aromatic rings. The summed E-state index contributed by atoms with van der Waals surface area (Å²) in [4.78, 5) is 23.3. The lowest BCUT2D eigenvalue weighted by atomic mass is 10.1. The van der Waals surface area contributed by atoms with E-state index < -0.39 is 0 Å². The Kier molecular flexibility index (Phi) is 3.62. The summed E-state index contributed by atoms with van der Waals surface area (Å²) in [5.41, 5.74) is 3.37. The van der Waals surface area contributed by atoms with Crippen molar-refractivity contribution in [3.05, 3.63) is 58.6 Å². The van der Waals surface area contributed by atoms with Crippen molar-refractivity contribution in [2.45, 2.75) is 12.8 Å². The minimum atomic E-state index is -0.102. The van der Waals surface area contributed by atoms with E-state index in [1.165, 1.54) is 0 Å². The Morgan fingerprint density at radius 2 is 1.95 bits per heavy atom. The minimum absolute atomic E-state index is 0.00670. The molecule has 5 heteroatoms. The van der Waals surface area contributed by atoms with E-state index in [-0.39, 0.29) is 18.2 Å². The summed E-state index contributed by atoms with van der Waals surface area (Å²) in [5, 5.41) is 6.21. The van der Waals surface area contributed by atoms with Gasteiger partial charge in [0.1, 0.15) is 0 Å². The average molecular weight is 301 g/mol. The molecule has 0 radical (unpaired) electrons. The van der Waals surface area contributed by atoms with Gasteiger partial charge in [0, 0.05) is 16.4 Å². The lowest BCUT2D eigenvalue weighted by molar-refractivity contribution is -0.116. The third kappa shape index (κ3) is 3.23. The van der Waals surface area contributed by atoms with Gasteiger partial charge in [-0.3, -0.25) is 9.59 Å². The second kappa shape index (κ2) is 5.58. The van der Waals surface area contributed by atoms with E-state index in [9.17, 15) is 9.59 Å². The van der Waals surface area contributed by atoms with Gasteiger partial charge >= 0.3 is 0 Å². The zero-order valence-electron chi connectivity index (χ0n) is 11.2. The molecule has 1 heterocycles. The molecule has 106 valence electrons. The normalized spacial score (nSPS) is 12.7. The number of hydrogen-bond donors (Lipinski definition) is 2. The molecular weight excluding hydrogens is 288 g/mol. The number of amides is 2. The van der Waals surface area contributed by atoms with Crippen LogP contribution in [0.5, 0.6) is 0 Å². The number of anilines is 2. The third-order valence-corrected chi connectivity index (χ3v) is 3.54. The molecule has 3 rings (SSSR count). The van der Waals surface area contributed by atoms with E-state index in [1.807, 2.05) is 18.2 Å². The van der Waals surface area contributed by atoms with Crippen LogP contribution in [0.3, 0.4) is 0 Å². The zero-order chi connectivity index (χ0) is 14.8. The summed E-state index contributed by atoms with van der Waals surface area (Å²) in [6.45, 7) is 0. The number of carbonyl (C=O) groups excluding carboxylic acids is 2. The number of carbonyl (C=O) groups is 2. The molecule has 0 spiro atoms. The third-order valence-electron chi connectivity index (χ3n) is 3.29. The van der Waals surface area contributed by atoms with E-state index in [1.54, 1.807) is 24.3 Å². The molecule has 2 aromatic carbocycles. The first-order chi connectivity index (χ1) is 10.1. The zero-order valence-corrected chi connectivity index (χ0v) is 11.9. The molecule has 2 N–H and O–H groups in total. The van der Waals surface area contributed by atoms with Crippen LogP contribution in [-0.4, -0.2) is 11.8 Å². The van der Waals surface area contributed by atoms with Crippen molar-refractivity contribution in [2.24, 2.45) is 0 Å². The van der Waals surface area contributed by atoms with Crippen LogP contribution in [0.15, 0.2) is 42.5 Å². The molecule has 1 aliphatic rings. The van der Waals surface area contributed by atoms with Crippen molar-refractivity contribution in [1.82, 2.24) is 0 Å². The SMILES string of the molecule is O=C(Cc1ccc2c(c1)CC(=O)N2)Nc1ccc(Cl)cc1. The number of halogens is 1. The van der Waals surface area contributed by atoms with Gasteiger partial charge < -0.3 is 10.6 Å². The Morgan fingerprint density at radius 3 is 2.71 bits per heavy atom. The van der Waals surface area contributed by atoms with Crippen LogP contribution in [0, 0.1) is 0 Å².